The minimum atomic E-state index is -4.42. The van der Waals surface area contributed by atoms with Crippen LogP contribution in [-0.4, -0.2) is 67.3 Å². The van der Waals surface area contributed by atoms with E-state index in [-0.39, 0.29) is 6.04 Å². The first kappa shape index (κ1) is 24.0. The molecule has 12 heteroatoms. The Kier molecular flexibility index (Phi) is 8.56. The van der Waals surface area contributed by atoms with Gasteiger partial charge in [0.05, 0.1) is 12.1 Å². The van der Waals surface area contributed by atoms with Gasteiger partial charge < -0.3 is 16.0 Å². The van der Waals surface area contributed by atoms with Crippen LogP contribution in [0.1, 0.15) is 25.3 Å². The molecule has 1 saturated heterocycles. The summed E-state index contributed by atoms with van der Waals surface area (Å²) in [5.41, 5.74) is -0.806. The molecule has 1 aliphatic rings. The largest absolute Gasteiger partial charge is 0.417 e. The Hall–Kier alpha value is -2.24. The number of hydrogen-bond acceptors (Lipinski definition) is 4. The van der Waals surface area contributed by atoms with Gasteiger partial charge in [-0.05, 0) is 31.9 Å². The second-order valence-corrected chi connectivity index (χ2v) is 6.95. The zero-order chi connectivity index (χ0) is 22.2. The average molecular weight is 440 g/mol. The van der Waals surface area contributed by atoms with E-state index in [1.807, 2.05) is 6.92 Å². The predicted octanol–water partition coefficient (Wildman–Crippen LogP) is 3.09. The number of likely N-dealkylation sites (tertiary alicyclic amines) is 1. The molecule has 6 nitrogen and oxygen atoms in total. The summed E-state index contributed by atoms with van der Waals surface area (Å²) in [7, 11) is 0. The first-order valence-electron chi connectivity index (χ1n) is 9.68. The number of rotatable bonds is 8. The van der Waals surface area contributed by atoms with Gasteiger partial charge in [-0.3, -0.25) is 9.89 Å². The quantitative estimate of drug-likeness (QED) is 0.251. The lowest BCUT2D eigenvalue weighted by molar-refractivity contribution is -0.143. The smallest absolute Gasteiger partial charge is 0.370 e. The van der Waals surface area contributed by atoms with E-state index < -0.39 is 24.5 Å². The molecule has 1 atom stereocenters. The molecule has 1 aromatic heterocycles. The van der Waals surface area contributed by atoms with Crippen LogP contribution in [0.4, 0.5) is 32.2 Å². The van der Waals surface area contributed by atoms with Crippen LogP contribution in [-0.2, 0) is 6.18 Å². The van der Waals surface area contributed by atoms with Crippen molar-refractivity contribution in [3.63, 3.8) is 0 Å². The molecular formula is C18H26F6N6. The number of anilines is 1. The molecule has 0 saturated carbocycles. The molecule has 0 radical (unpaired) electrons. The topological polar surface area (TPSA) is 64.6 Å². The lowest BCUT2D eigenvalue weighted by atomic mass is 10.3. The summed E-state index contributed by atoms with van der Waals surface area (Å²) in [5.74, 6) is 0.872. The van der Waals surface area contributed by atoms with Crippen molar-refractivity contribution in [1.29, 1.82) is 0 Å². The normalized spacial score (nSPS) is 18.5. The van der Waals surface area contributed by atoms with E-state index in [0.717, 1.165) is 12.3 Å². The Morgan fingerprint density at radius 3 is 2.60 bits per heavy atom. The van der Waals surface area contributed by atoms with Crippen molar-refractivity contribution in [2.45, 2.75) is 38.2 Å². The Balaban J connectivity index is 1.73. The van der Waals surface area contributed by atoms with Crippen molar-refractivity contribution in [2.75, 3.05) is 44.6 Å². The van der Waals surface area contributed by atoms with E-state index in [0.29, 0.717) is 57.3 Å². The zero-order valence-corrected chi connectivity index (χ0v) is 16.6. The molecule has 0 aliphatic carbocycles. The van der Waals surface area contributed by atoms with Crippen LogP contribution in [0.5, 0.6) is 0 Å². The van der Waals surface area contributed by atoms with Gasteiger partial charge in [-0.15, -0.1) is 0 Å². The van der Waals surface area contributed by atoms with Crippen LogP contribution >= 0.6 is 0 Å². The van der Waals surface area contributed by atoms with E-state index in [9.17, 15) is 26.3 Å². The van der Waals surface area contributed by atoms with Crippen LogP contribution in [0.3, 0.4) is 0 Å². The molecule has 2 heterocycles. The maximum Gasteiger partial charge on any atom is 0.417 e. The molecule has 2 rings (SSSR count). The van der Waals surface area contributed by atoms with Gasteiger partial charge in [0.15, 0.2) is 5.96 Å². The van der Waals surface area contributed by atoms with Crippen LogP contribution in [0.25, 0.3) is 0 Å². The molecule has 170 valence electrons. The number of alkyl halides is 6. The first-order valence-corrected chi connectivity index (χ1v) is 9.68. The van der Waals surface area contributed by atoms with Crippen molar-refractivity contribution in [3.8, 4) is 0 Å². The lowest BCUT2D eigenvalue weighted by Gasteiger charge is -2.19. The Labute approximate surface area is 171 Å². The highest BCUT2D eigenvalue weighted by Gasteiger charge is 2.34. The molecule has 0 bridgehead atoms. The summed E-state index contributed by atoms with van der Waals surface area (Å²) >= 11 is 0. The van der Waals surface area contributed by atoms with Crippen molar-refractivity contribution in [2.24, 2.45) is 4.99 Å². The number of aliphatic imine (C=N–C) groups is 1. The lowest BCUT2D eigenvalue weighted by Crippen LogP contribution is -2.45. The van der Waals surface area contributed by atoms with Gasteiger partial charge in [0, 0.05) is 45.0 Å². The van der Waals surface area contributed by atoms with Gasteiger partial charge in [0.1, 0.15) is 5.82 Å². The molecule has 3 N–H and O–H groups in total. The maximum absolute atomic E-state index is 12.5. The third-order valence-corrected chi connectivity index (χ3v) is 4.36. The monoisotopic (exact) mass is 440 g/mol. The van der Waals surface area contributed by atoms with E-state index in [4.69, 9.17) is 0 Å². The van der Waals surface area contributed by atoms with Crippen molar-refractivity contribution in [1.82, 2.24) is 20.5 Å². The fourth-order valence-corrected chi connectivity index (χ4v) is 3.01. The summed E-state index contributed by atoms with van der Waals surface area (Å²) in [5, 5.41) is 9.14. The zero-order valence-electron chi connectivity index (χ0n) is 16.6. The maximum atomic E-state index is 12.5. The number of nitrogens with zero attached hydrogens (tertiary/aromatic N) is 3. The van der Waals surface area contributed by atoms with Gasteiger partial charge in [-0.1, -0.05) is 0 Å². The van der Waals surface area contributed by atoms with Crippen molar-refractivity contribution >= 4 is 11.8 Å². The van der Waals surface area contributed by atoms with E-state index in [1.165, 1.54) is 11.0 Å². The van der Waals surface area contributed by atoms with Crippen molar-refractivity contribution < 1.29 is 26.3 Å². The summed E-state index contributed by atoms with van der Waals surface area (Å²) in [6.45, 7) is 3.15. The number of halogens is 6. The second-order valence-electron chi connectivity index (χ2n) is 6.95. The molecule has 1 unspecified atom stereocenters. The highest BCUT2D eigenvalue weighted by molar-refractivity contribution is 5.80. The Morgan fingerprint density at radius 1 is 1.23 bits per heavy atom. The van der Waals surface area contributed by atoms with Crippen LogP contribution in [0, 0.1) is 0 Å². The fraction of sp³-hybridized carbons (Fsp3) is 0.667. The standard InChI is InChI=1S/C18H26F6N6/c1-2-25-16(29-14-6-9-30(11-14)12-17(19,20)21)27-8-3-7-26-15-5-4-13(10-28-15)18(22,23)24/h4-5,10,14H,2-3,6-9,11-12H2,1H3,(H,26,28)(H2,25,27,29). The molecule has 0 amide bonds. The van der Waals surface area contributed by atoms with Crippen LogP contribution < -0.4 is 16.0 Å². The minimum absolute atomic E-state index is 0.111. The van der Waals surface area contributed by atoms with Gasteiger partial charge >= 0.3 is 12.4 Å². The van der Waals surface area contributed by atoms with Gasteiger partial charge in [-0.2, -0.15) is 26.3 Å². The third-order valence-electron chi connectivity index (χ3n) is 4.36. The molecule has 0 aromatic carbocycles. The third kappa shape index (κ3) is 8.64. The number of hydrogen-bond donors (Lipinski definition) is 3. The SMILES string of the molecule is CCNC(=NCCCNc1ccc(C(F)(F)F)cn1)NC1CCN(CC(F)(F)F)C1. The molecular weight excluding hydrogens is 414 g/mol. The van der Waals surface area contributed by atoms with Crippen molar-refractivity contribution in [3.05, 3.63) is 23.9 Å². The van der Waals surface area contributed by atoms with E-state index in [1.54, 1.807) is 0 Å². The summed E-state index contributed by atoms with van der Waals surface area (Å²) in [6.07, 6.45) is -6.65. The van der Waals surface area contributed by atoms with Gasteiger partial charge in [-0.25, -0.2) is 4.98 Å². The highest BCUT2D eigenvalue weighted by atomic mass is 19.4. The van der Waals surface area contributed by atoms with E-state index >= 15 is 0 Å². The highest BCUT2D eigenvalue weighted by Crippen LogP contribution is 2.28. The molecule has 0 spiro atoms. The summed E-state index contributed by atoms with van der Waals surface area (Å²) in [6, 6.07) is 2.12. The predicted molar refractivity (Wildman–Crippen MR) is 102 cm³/mol. The van der Waals surface area contributed by atoms with Gasteiger partial charge in [0.25, 0.3) is 0 Å². The molecule has 1 fully saturated rings. The number of aromatic nitrogens is 1. The fourth-order valence-electron chi connectivity index (χ4n) is 3.01. The van der Waals surface area contributed by atoms with Crippen LogP contribution in [0.2, 0.25) is 0 Å². The molecule has 1 aliphatic heterocycles. The van der Waals surface area contributed by atoms with Crippen LogP contribution in [0.15, 0.2) is 23.3 Å². The summed E-state index contributed by atoms with van der Waals surface area (Å²) < 4.78 is 75.0. The van der Waals surface area contributed by atoms with E-state index in [2.05, 4.69) is 25.9 Å². The number of guanidine groups is 1. The Bertz CT molecular complexity index is 673. The molecule has 1 aromatic rings. The number of nitrogens with one attached hydrogen (secondary N) is 3. The number of pyridine rings is 1. The first-order chi connectivity index (χ1) is 14.1. The molecule has 30 heavy (non-hydrogen) atoms. The average Bonchev–Trinajstić information content (AvgIpc) is 3.06. The second kappa shape index (κ2) is 10.7. The van der Waals surface area contributed by atoms with Gasteiger partial charge in [0.2, 0.25) is 0 Å². The summed E-state index contributed by atoms with van der Waals surface area (Å²) in [4.78, 5) is 9.49. The minimum Gasteiger partial charge on any atom is -0.370 e. The Morgan fingerprint density at radius 2 is 2.00 bits per heavy atom.